The van der Waals surface area contributed by atoms with Crippen molar-refractivity contribution in [2.24, 2.45) is 10.8 Å². The van der Waals surface area contributed by atoms with Gasteiger partial charge in [-0.05, 0) is 25.7 Å². The molecule has 12 nitrogen and oxygen atoms in total. The summed E-state index contributed by atoms with van der Waals surface area (Å²) in [6, 6.07) is 0. The van der Waals surface area contributed by atoms with E-state index in [1.54, 1.807) is 0 Å². The van der Waals surface area contributed by atoms with Gasteiger partial charge < -0.3 is 52.5 Å². The van der Waals surface area contributed by atoms with Crippen LogP contribution in [-0.2, 0) is 52.2 Å². The lowest BCUT2D eigenvalue weighted by Crippen LogP contribution is -2.46. The highest BCUT2D eigenvalue weighted by Gasteiger charge is 2.38. The first-order valence-corrected chi connectivity index (χ1v) is 16.7. The second-order valence-electron chi connectivity index (χ2n) is 12.6. The van der Waals surface area contributed by atoms with Crippen LogP contribution in [0.25, 0.3) is 0 Å². The van der Waals surface area contributed by atoms with Gasteiger partial charge in [-0.1, -0.05) is 33.3 Å². The minimum atomic E-state index is -0.946. The van der Waals surface area contributed by atoms with Crippen molar-refractivity contribution in [1.29, 1.82) is 0 Å². The molecule has 45 heavy (non-hydrogen) atoms. The Hall–Kier alpha value is -1.19. The second kappa shape index (κ2) is 21.6. The summed E-state index contributed by atoms with van der Waals surface area (Å²) in [5.41, 5.74) is 0.232. The Labute approximate surface area is 269 Å². The molecule has 0 radical (unpaired) electrons. The number of hydrogen-bond donors (Lipinski definition) is 1. The Balaban J connectivity index is 1.23. The molecule has 3 aliphatic rings. The molecule has 0 amide bonds. The zero-order valence-corrected chi connectivity index (χ0v) is 27.6. The fourth-order valence-electron chi connectivity index (χ4n) is 4.79. The number of esters is 1. The molecule has 3 rings (SSSR count). The Morgan fingerprint density at radius 1 is 0.800 bits per heavy atom. The molecule has 12 heteroatoms. The third-order valence-electron chi connectivity index (χ3n) is 8.52. The van der Waals surface area contributed by atoms with Crippen molar-refractivity contribution in [3.63, 3.8) is 0 Å². The highest BCUT2D eigenvalue weighted by molar-refractivity contribution is 5.81. The van der Waals surface area contributed by atoms with Crippen LogP contribution >= 0.6 is 0 Å². The van der Waals surface area contributed by atoms with Gasteiger partial charge >= 0.3 is 5.97 Å². The van der Waals surface area contributed by atoms with Crippen LogP contribution < -0.4 is 0 Å². The molecule has 0 aromatic rings. The molecule has 3 heterocycles. The summed E-state index contributed by atoms with van der Waals surface area (Å²) in [7, 11) is 0. The molecule has 3 saturated heterocycles. The van der Waals surface area contributed by atoms with Crippen molar-refractivity contribution in [2.75, 3.05) is 106 Å². The third kappa shape index (κ3) is 15.5. The molecular weight excluding hydrogens is 588 g/mol. The van der Waals surface area contributed by atoms with Crippen LogP contribution in [0.1, 0.15) is 52.4 Å². The summed E-state index contributed by atoms with van der Waals surface area (Å²) in [6.07, 6.45) is 5.87. The summed E-state index contributed by atoms with van der Waals surface area (Å²) in [5, 5.41) is 10.1. The van der Waals surface area contributed by atoms with E-state index in [1.165, 1.54) is 0 Å². The average Bonchev–Trinajstić information content (AvgIpc) is 3.84. The number of unbranched alkanes of at least 4 members (excludes halogenated alkanes) is 3. The Morgan fingerprint density at radius 2 is 1.31 bits per heavy atom. The molecule has 0 spiro atoms. The zero-order chi connectivity index (χ0) is 32.2. The number of aliphatic hydroxyl groups is 1. The van der Waals surface area contributed by atoms with Gasteiger partial charge in [-0.2, -0.15) is 0 Å². The molecule has 4 atom stereocenters. The van der Waals surface area contributed by atoms with Gasteiger partial charge in [-0.15, -0.1) is 0 Å². The van der Waals surface area contributed by atoms with Crippen LogP contribution in [0.2, 0.25) is 0 Å². The van der Waals surface area contributed by atoms with Crippen molar-refractivity contribution in [1.82, 2.24) is 0 Å². The first kappa shape index (κ1) is 38.3. The number of hydrogen-bond acceptors (Lipinski definition) is 12. The van der Waals surface area contributed by atoms with Gasteiger partial charge in [0.15, 0.2) is 0 Å². The largest absolute Gasteiger partial charge is 0.460 e. The van der Waals surface area contributed by atoms with Gasteiger partial charge in [0.2, 0.25) is 0 Å². The van der Waals surface area contributed by atoms with Gasteiger partial charge in [0, 0.05) is 30.1 Å². The lowest BCUT2D eigenvalue weighted by atomic mass is 9.84. The zero-order valence-electron chi connectivity index (χ0n) is 27.6. The summed E-state index contributed by atoms with van der Waals surface area (Å²) >= 11 is 0. The minimum absolute atomic E-state index is 0.00466. The second-order valence-corrected chi connectivity index (χ2v) is 12.6. The molecule has 0 saturated carbocycles. The molecule has 0 aromatic carbocycles. The van der Waals surface area contributed by atoms with Gasteiger partial charge in [0.25, 0.3) is 0 Å². The van der Waals surface area contributed by atoms with Gasteiger partial charge in [-0.3, -0.25) is 0 Å². The maximum atomic E-state index is 11.2. The lowest BCUT2D eigenvalue weighted by Gasteiger charge is -2.40. The summed E-state index contributed by atoms with van der Waals surface area (Å²) in [4.78, 5) is 11.2. The molecule has 0 aromatic heterocycles. The number of carbonyl (C=O) groups is 1. The molecule has 262 valence electrons. The van der Waals surface area contributed by atoms with E-state index in [0.717, 1.165) is 64.4 Å². The van der Waals surface area contributed by atoms with Crippen molar-refractivity contribution < 1.29 is 57.3 Å². The number of aliphatic hydroxyl groups excluding tert-OH is 1. The normalized spacial score (nSPS) is 21.7. The molecule has 0 bridgehead atoms. The first-order valence-electron chi connectivity index (χ1n) is 16.7. The average molecular weight is 647 g/mol. The minimum Gasteiger partial charge on any atom is -0.460 e. The van der Waals surface area contributed by atoms with Crippen LogP contribution in [-0.4, -0.2) is 141 Å². The standard InChI is InChI=1S/C33H58O12/c1-4-31(35)45-14-27(34)13-42-28(17-38-21-32(5-2)23-40-24-32)15-36-11-9-7-8-10-12-37-16-29(43-19-30-20-44-30)18-39-22-33(6-3)25-41-26-33/h4,27-30,34H,1,5-26H2,2-3H3. The number of ether oxygens (including phenoxy) is 10. The molecule has 1 N–H and O–H groups in total. The van der Waals surface area contributed by atoms with E-state index in [2.05, 4.69) is 20.4 Å². The molecule has 0 aliphatic carbocycles. The SMILES string of the molecule is C=CC(=O)OCC(O)COC(COCCCCCCOCC(COCC1(CC)COC1)OCC1CO1)COCC1(CC)COC1. The Morgan fingerprint density at radius 3 is 1.76 bits per heavy atom. The van der Waals surface area contributed by atoms with Crippen molar-refractivity contribution in [3.05, 3.63) is 12.7 Å². The molecular formula is C33H58O12. The van der Waals surface area contributed by atoms with E-state index in [4.69, 9.17) is 47.4 Å². The smallest absolute Gasteiger partial charge is 0.330 e. The topological polar surface area (TPSA) is 133 Å². The maximum Gasteiger partial charge on any atom is 0.330 e. The number of rotatable bonds is 30. The number of carbonyl (C=O) groups excluding carboxylic acids is 1. The predicted molar refractivity (Wildman–Crippen MR) is 165 cm³/mol. The highest BCUT2D eigenvalue weighted by atomic mass is 16.6. The lowest BCUT2D eigenvalue weighted by molar-refractivity contribution is -0.163. The Kier molecular flexibility index (Phi) is 18.4. The maximum absolute atomic E-state index is 11.2. The molecule has 4 unspecified atom stereocenters. The van der Waals surface area contributed by atoms with E-state index in [1.807, 2.05) is 0 Å². The molecule has 3 fully saturated rings. The van der Waals surface area contributed by atoms with Crippen molar-refractivity contribution >= 4 is 5.97 Å². The van der Waals surface area contributed by atoms with E-state index in [-0.39, 0.29) is 42.4 Å². The van der Waals surface area contributed by atoms with E-state index in [9.17, 15) is 9.90 Å². The number of epoxide rings is 1. The van der Waals surface area contributed by atoms with Crippen LogP contribution in [0, 0.1) is 10.8 Å². The quantitative estimate of drug-likeness (QED) is 0.0533. The van der Waals surface area contributed by atoms with E-state index >= 15 is 0 Å². The van der Waals surface area contributed by atoms with Crippen LogP contribution in [0.4, 0.5) is 0 Å². The fraction of sp³-hybridized carbons (Fsp3) is 0.909. The Bertz CT molecular complexity index is 788. The highest BCUT2D eigenvalue weighted by Crippen LogP contribution is 2.32. The van der Waals surface area contributed by atoms with E-state index < -0.39 is 12.1 Å². The third-order valence-corrected chi connectivity index (χ3v) is 8.52. The summed E-state index contributed by atoms with van der Waals surface area (Å²) in [5.74, 6) is -0.584. The van der Waals surface area contributed by atoms with Gasteiger partial charge in [-0.25, -0.2) is 4.79 Å². The monoisotopic (exact) mass is 646 g/mol. The molecule has 3 aliphatic heterocycles. The fourth-order valence-corrected chi connectivity index (χ4v) is 4.79. The predicted octanol–water partition coefficient (Wildman–Crippen LogP) is 2.73. The van der Waals surface area contributed by atoms with Crippen LogP contribution in [0.3, 0.4) is 0 Å². The summed E-state index contributed by atoms with van der Waals surface area (Å²) < 4.78 is 56.5. The van der Waals surface area contributed by atoms with Crippen molar-refractivity contribution in [3.8, 4) is 0 Å². The van der Waals surface area contributed by atoms with Gasteiger partial charge in [0.1, 0.15) is 31.0 Å². The van der Waals surface area contributed by atoms with E-state index in [0.29, 0.717) is 72.7 Å². The summed E-state index contributed by atoms with van der Waals surface area (Å²) in [6.45, 7) is 16.1. The van der Waals surface area contributed by atoms with Crippen LogP contribution in [0.5, 0.6) is 0 Å². The first-order chi connectivity index (χ1) is 21.9. The van der Waals surface area contributed by atoms with Crippen LogP contribution in [0.15, 0.2) is 12.7 Å². The van der Waals surface area contributed by atoms with Gasteiger partial charge in [0.05, 0.1) is 85.9 Å². The van der Waals surface area contributed by atoms with Crippen molar-refractivity contribution in [2.45, 2.75) is 76.8 Å².